The normalized spacial score (nSPS) is 10.6. The molecule has 5 nitrogen and oxygen atoms in total. The number of nitro groups is 1. The van der Waals surface area contributed by atoms with Crippen LogP contribution < -0.4 is 10.1 Å². The second-order valence-corrected chi connectivity index (χ2v) is 4.26. The molecule has 17 heavy (non-hydrogen) atoms. The molecule has 1 aromatic rings. The predicted octanol–water partition coefficient (Wildman–Crippen LogP) is 2.63. The van der Waals surface area contributed by atoms with Gasteiger partial charge in [0.1, 0.15) is 6.61 Å². The maximum atomic E-state index is 10.7. The van der Waals surface area contributed by atoms with Crippen molar-refractivity contribution in [2.24, 2.45) is 0 Å². The molecule has 0 aliphatic carbocycles. The van der Waals surface area contributed by atoms with Gasteiger partial charge >= 0.3 is 5.69 Å². The molecule has 0 spiro atoms. The Labute approximate surface area is 105 Å². The lowest BCUT2D eigenvalue weighted by Crippen LogP contribution is -2.27. The first-order valence-corrected chi connectivity index (χ1v) is 5.68. The average Bonchev–Trinajstić information content (AvgIpc) is 2.23. The zero-order valence-electron chi connectivity index (χ0n) is 9.77. The number of halogens is 1. The fraction of sp³-hybridized carbons (Fsp3) is 0.455. The van der Waals surface area contributed by atoms with Crippen LogP contribution in [0, 0.1) is 10.1 Å². The smallest absolute Gasteiger partial charge is 0.311 e. The zero-order valence-corrected chi connectivity index (χ0v) is 10.5. The summed E-state index contributed by atoms with van der Waals surface area (Å²) in [5, 5.41) is 14.3. The molecule has 0 amide bonds. The number of nitrogens with zero attached hydrogens (tertiary/aromatic N) is 1. The number of nitrogens with one attached hydrogen (secondary N) is 1. The fourth-order valence-electron chi connectivity index (χ4n) is 1.26. The van der Waals surface area contributed by atoms with Crippen molar-refractivity contribution in [3.8, 4) is 5.75 Å². The third-order valence-electron chi connectivity index (χ3n) is 2.03. The van der Waals surface area contributed by atoms with E-state index >= 15 is 0 Å². The second kappa shape index (κ2) is 6.42. The van der Waals surface area contributed by atoms with Crippen molar-refractivity contribution in [2.75, 3.05) is 13.2 Å². The predicted molar refractivity (Wildman–Crippen MR) is 66.7 cm³/mol. The summed E-state index contributed by atoms with van der Waals surface area (Å²) in [6.45, 7) is 5.02. The maximum Gasteiger partial charge on any atom is 0.311 e. The summed E-state index contributed by atoms with van der Waals surface area (Å²) in [6, 6.07) is 4.62. The van der Waals surface area contributed by atoms with E-state index < -0.39 is 4.92 Å². The van der Waals surface area contributed by atoms with Crippen LogP contribution in [0.2, 0.25) is 5.02 Å². The van der Waals surface area contributed by atoms with E-state index in [2.05, 4.69) is 5.32 Å². The molecule has 94 valence electrons. The molecule has 0 aliphatic rings. The minimum Gasteiger partial charge on any atom is -0.485 e. The van der Waals surface area contributed by atoms with Crippen molar-refractivity contribution >= 4 is 17.3 Å². The number of ether oxygens (including phenoxy) is 1. The van der Waals surface area contributed by atoms with Gasteiger partial charge in [-0.05, 0) is 6.07 Å². The molecule has 0 aliphatic heterocycles. The van der Waals surface area contributed by atoms with Gasteiger partial charge in [-0.25, -0.2) is 0 Å². The molecule has 0 saturated carbocycles. The largest absolute Gasteiger partial charge is 0.485 e. The monoisotopic (exact) mass is 258 g/mol. The minimum absolute atomic E-state index is 0.0704. The lowest BCUT2D eigenvalue weighted by Gasteiger charge is -2.10. The second-order valence-electron chi connectivity index (χ2n) is 3.83. The Balaban J connectivity index is 2.62. The van der Waals surface area contributed by atoms with Crippen LogP contribution in [0.25, 0.3) is 0 Å². The molecule has 0 radical (unpaired) electrons. The maximum absolute atomic E-state index is 10.7. The third kappa shape index (κ3) is 4.58. The van der Waals surface area contributed by atoms with E-state index in [4.69, 9.17) is 16.3 Å². The van der Waals surface area contributed by atoms with Crippen molar-refractivity contribution in [2.45, 2.75) is 19.9 Å². The lowest BCUT2D eigenvalue weighted by atomic mass is 10.3. The molecular formula is C11H15ClN2O3. The summed E-state index contributed by atoms with van der Waals surface area (Å²) in [5.74, 6) is 0.202. The van der Waals surface area contributed by atoms with Gasteiger partial charge in [-0.1, -0.05) is 25.4 Å². The summed E-state index contributed by atoms with van der Waals surface area (Å²) in [7, 11) is 0. The van der Waals surface area contributed by atoms with Crippen LogP contribution in [-0.2, 0) is 0 Å². The summed E-state index contributed by atoms with van der Waals surface area (Å²) in [4.78, 5) is 10.3. The SMILES string of the molecule is CC(C)NCCOc1cc(Cl)ccc1[N+](=O)[O-]. The summed E-state index contributed by atoms with van der Waals surface area (Å²) in [6.07, 6.45) is 0. The highest BCUT2D eigenvalue weighted by Crippen LogP contribution is 2.29. The van der Waals surface area contributed by atoms with Crippen molar-refractivity contribution in [3.63, 3.8) is 0 Å². The molecule has 1 rings (SSSR count). The molecule has 1 aromatic carbocycles. The molecular weight excluding hydrogens is 244 g/mol. The van der Waals surface area contributed by atoms with E-state index in [1.165, 1.54) is 18.2 Å². The summed E-state index contributed by atoms with van der Waals surface area (Å²) in [5.41, 5.74) is -0.0704. The highest BCUT2D eigenvalue weighted by Gasteiger charge is 2.14. The number of nitro benzene ring substituents is 1. The first kappa shape index (κ1) is 13.7. The van der Waals surface area contributed by atoms with Crippen LogP contribution in [0.15, 0.2) is 18.2 Å². The zero-order chi connectivity index (χ0) is 12.8. The van der Waals surface area contributed by atoms with Gasteiger partial charge in [-0.15, -0.1) is 0 Å². The molecule has 0 bridgehead atoms. The van der Waals surface area contributed by atoms with Crippen LogP contribution >= 0.6 is 11.6 Å². The molecule has 0 unspecified atom stereocenters. The lowest BCUT2D eigenvalue weighted by molar-refractivity contribution is -0.385. The van der Waals surface area contributed by atoms with E-state index in [9.17, 15) is 10.1 Å². The molecule has 0 fully saturated rings. The Hall–Kier alpha value is -1.33. The van der Waals surface area contributed by atoms with Crippen molar-refractivity contribution in [3.05, 3.63) is 33.3 Å². The first-order valence-electron chi connectivity index (χ1n) is 5.31. The average molecular weight is 259 g/mol. The highest BCUT2D eigenvalue weighted by atomic mass is 35.5. The molecule has 0 atom stereocenters. The third-order valence-corrected chi connectivity index (χ3v) is 2.27. The Morgan fingerprint density at radius 3 is 2.82 bits per heavy atom. The van der Waals surface area contributed by atoms with Crippen LogP contribution in [0.1, 0.15) is 13.8 Å². The van der Waals surface area contributed by atoms with Gasteiger partial charge in [0.25, 0.3) is 0 Å². The topological polar surface area (TPSA) is 64.4 Å². The van der Waals surface area contributed by atoms with E-state index in [1.54, 1.807) is 0 Å². The van der Waals surface area contributed by atoms with Gasteiger partial charge in [0.2, 0.25) is 0 Å². The number of benzene rings is 1. The minimum atomic E-state index is -0.485. The molecule has 0 saturated heterocycles. The summed E-state index contributed by atoms with van der Waals surface area (Å²) >= 11 is 5.77. The van der Waals surface area contributed by atoms with Crippen LogP contribution in [0.5, 0.6) is 5.75 Å². The van der Waals surface area contributed by atoms with Crippen LogP contribution in [0.4, 0.5) is 5.69 Å². The summed E-state index contributed by atoms with van der Waals surface area (Å²) < 4.78 is 5.34. The van der Waals surface area contributed by atoms with Gasteiger partial charge in [0.05, 0.1) is 4.92 Å². The Bertz CT molecular complexity index is 396. The quantitative estimate of drug-likeness (QED) is 0.484. The molecule has 0 heterocycles. The molecule has 0 aromatic heterocycles. The van der Waals surface area contributed by atoms with Gasteiger partial charge in [0.15, 0.2) is 5.75 Å². The van der Waals surface area contributed by atoms with E-state index in [0.29, 0.717) is 24.2 Å². The Morgan fingerprint density at radius 1 is 1.53 bits per heavy atom. The molecule has 1 N–H and O–H groups in total. The Morgan fingerprint density at radius 2 is 2.24 bits per heavy atom. The van der Waals surface area contributed by atoms with Crippen LogP contribution in [-0.4, -0.2) is 24.1 Å². The first-order chi connectivity index (χ1) is 8.00. The van der Waals surface area contributed by atoms with Crippen molar-refractivity contribution in [1.82, 2.24) is 5.32 Å². The number of hydrogen-bond acceptors (Lipinski definition) is 4. The van der Waals surface area contributed by atoms with Crippen molar-refractivity contribution in [1.29, 1.82) is 0 Å². The standard InChI is InChI=1S/C11H15ClN2O3/c1-8(2)13-5-6-17-11-7-9(12)3-4-10(11)14(15)16/h3-4,7-8,13H,5-6H2,1-2H3. The van der Waals surface area contributed by atoms with Gasteiger partial charge < -0.3 is 10.1 Å². The molecule has 6 heteroatoms. The van der Waals surface area contributed by atoms with Gasteiger partial charge in [-0.3, -0.25) is 10.1 Å². The van der Waals surface area contributed by atoms with Crippen molar-refractivity contribution < 1.29 is 9.66 Å². The van der Waals surface area contributed by atoms with Gasteiger partial charge in [0, 0.05) is 29.7 Å². The van der Waals surface area contributed by atoms with Gasteiger partial charge in [-0.2, -0.15) is 0 Å². The Kier molecular flexibility index (Phi) is 5.18. The van der Waals surface area contributed by atoms with E-state index in [0.717, 1.165) is 0 Å². The number of hydrogen-bond donors (Lipinski definition) is 1. The fourth-order valence-corrected chi connectivity index (χ4v) is 1.43. The van der Waals surface area contributed by atoms with E-state index in [1.807, 2.05) is 13.8 Å². The van der Waals surface area contributed by atoms with Crippen LogP contribution in [0.3, 0.4) is 0 Å². The highest BCUT2D eigenvalue weighted by molar-refractivity contribution is 6.30. The van der Waals surface area contributed by atoms with E-state index in [-0.39, 0.29) is 11.4 Å². The number of rotatable bonds is 6.